The molecule has 2 unspecified atom stereocenters. The Morgan fingerprint density at radius 2 is 2.50 bits per heavy atom. The zero-order valence-electron chi connectivity index (χ0n) is 11.1. The Labute approximate surface area is 113 Å². The summed E-state index contributed by atoms with van der Waals surface area (Å²) in [5.41, 5.74) is 0. The molecule has 18 heavy (non-hydrogen) atoms. The van der Waals surface area contributed by atoms with Gasteiger partial charge in [0.1, 0.15) is 12.2 Å². The molecule has 1 aromatic heterocycles. The molecule has 102 valence electrons. The molecule has 1 saturated heterocycles. The van der Waals surface area contributed by atoms with Crippen molar-refractivity contribution in [2.24, 2.45) is 0 Å². The maximum atomic E-state index is 5.87. The number of rotatable bonds is 6. The highest BCUT2D eigenvalue weighted by Crippen LogP contribution is 2.17. The van der Waals surface area contributed by atoms with Crippen LogP contribution in [0.3, 0.4) is 0 Å². The third-order valence-corrected chi connectivity index (χ3v) is 4.17. The maximum Gasteiger partial charge on any atom is 0.138 e. The van der Waals surface area contributed by atoms with Crippen LogP contribution < -0.4 is 5.32 Å². The fourth-order valence-electron chi connectivity index (χ4n) is 2.24. The quantitative estimate of drug-likeness (QED) is 0.834. The van der Waals surface area contributed by atoms with Gasteiger partial charge in [0.05, 0.1) is 12.7 Å². The third kappa shape index (κ3) is 3.46. The van der Waals surface area contributed by atoms with Gasteiger partial charge in [0.25, 0.3) is 0 Å². The summed E-state index contributed by atoms with van der Waals surface area (Å²) in [5.74, 6) is 3.22. The standard InChI is InChI=1S/C12H22N4OS/c1-3-13-10(11-8-18-6-5-17-11)7-12-14-9-15-16(12)4-2/h9-11,13H,3-8H2,1-2H3. The zero-order valence-corrected chi connectivity index (χ0v) is 11.9. The van der Waals surface area contributed by atoms with Crippen LogP contribution >= 0.6 is 11.8 Å². The number of ether oxygens (including phenoxy) is 1. The molecule has 1 aromatic rings. The van der Waals surface area contributed by atoms with Gasteiger partial charge in [-0.05, 0) is 13.5 Å². The van der Waals surface area contributed by atoms with Crippen LogP contribution in [0.1, 0.15) is 19.7 Å². The van der Waals surface area contributed by atoms with Gasteiger partial charge in [-0.25, -0.2) is 4.98 Å². The number of hydrogen-bond donors (Lipinski definition) is 1. The Bertz CT molecular complexity index is 352. The van der Waals surface area contributed by atoms with Crippen LogP contribution in [0, 0.1) is 0 Å². The second kappa shape index (κ2) is 7.11. The van der Waals surface area contributed by atoms with E-state index in [0.717, 1.165) is 43.4 Å². The summed E-state index contributed by atoms with van der Waals surface area (Å²) in [5, 5.41) is 7.75. The molecule has 1 aliphatic rings. The molecule has 0 aromatic carbocycles. The molecule has 0 saturated carbocycles. The Morgan fingerprint density at radius 3 is 3.17 bits per heavy atom. The molecule has 2 heterocycles. The van der Waals surface area contributed by atoms with Gasteiger partial charge in [0.2, 0.25) is 0 Å². The first kappa shape index (κ1) is 13.8. The number of hydrogen-bond acceptors (Lipinski definition) is 5. The molecular formula is C12H22N4OS. The first-order chi connectivity index (χ1) is 8.85. The van der Waals surface area contributed by atoms with E-state index in [4.69, 9.17) is 4.74 Å². The van der Waals surface area contributed by atoms with Crippen molar-refractivity contribution in [2.45, 2.75) is 39.0 Å². The van der Waals surface area contributed by atoms with Gasteiger partial charge in [-0.3, -0.25) is 4.68 Å². The predicted molar refractivity (Wildman–Crippen MR) is 73.9 cm³/mol. The smallest absolute Gasteiger partial charge is 0.138 e. The van der Waals surface area contributed by atoms with Crippen LogP contribution in [0.25, 0.3) is 0 Å². The fourth-order valence-corrected chi connectivity index (χ4v) is 3.18. The number of nitrogens with one attached hydrogen (secondary N) is 1. The van der Waals surface area contributed by atoms with Crippen molar-refractivity contribution in [3.63, 3.8) is 0 Å². The molecule has 6 heteroatoms. The van der Waals surface area contributed by atoms with Gasteiger partial charge in [-0.1, -0.05) is 6.92 Å². The van der Waals surface area contributed by atoms with Gasteiger partial charge in [-0.15, -0.1) is 0 Å². The van der Waals surface area contributed by atoms with Crippen LogP contribution in [-0.4, -0.2) is 51.6 Å². The highest BCUT2D eigenvalue weighted by Gasteiger charge is 2.25. The minimum atomic E-state index is 0.283. The van der Waals surface area contributed by atoms with E-state index in [1.165, 1.54) is 0 Å². The van der Waals surface area contributed by atoms with Crippen LogP contribution in [0.5, 0.6) is 0 Å². The molecule has 0 amide bonds. The van der Waals surface area contributed by atoms with Crippen LogP contribution in [0.4, 0.5) is 0 Å². The van der Waals surface area contributed by atoms with Crippen molar-refractivity contribution in [2.75, 3.05) is 24.7 Å². The van der Waals surface area contributed by atoms with Gasteiger partial charge in [0, 0.05) is 30.5 Å². The lowest BCUT2D eigenvalue weighted by atomic mass is 10.1. The average Bonchev–Trinajstić information content (AvgIpc) is 2.86. The van der Waals surface area contributed by atoms with Crippen molar-refractivity contribution in [1.82, 2.24) is 20.1 Å². The summed E-state index contributed by atoms with van der Waals surface area (Å²) < 4.78 is 7.83. The Balaban J connectivity index is 2.00. The molecule has 1 aliphatic heterocycles. The normalized spacial score (nSPS) is 22.0. The van der Waals surface area contributed by atoms with E-state index >= 15 is 0 Å². The average molecular weight is 270 g/mol. The molecule has 2 rings (SSSR count). The third-order valence-electron chi connectivity index (χ3n) is 3.15. The number of nitrogens with zero attached hydrogens (tertiary/aromatic N) is 3. The van der Waals surface area contributed by atoms with Crippen molar-refractivity contribution < 1.29 is 4.74 Å². The van der Waals surface area contributed by atoms with Gasteiger partial charge < -0.3 is 10.1 Å². The first-order valence-corrected chi connectivity index (χ1v) is 7.80. The minimum absolute atomic E-state index is 0.283. The summed E-state index contributed by atoms with van der Waals surface area (Å²) in [6.45, 7) is 6.91. The Morgan fingerprint density at radius 1 is 1.61 bits per heavy atom. The number of aryl methyl sites for hydroxylation is 1. The highest BCUT2D eigenvalue weighted by molar-refractivity contribution is 7.99. The summed E-state index contributed by atoms with van der Waals surface area (Å²) in [6.07, 6.45) is 2.80. The molecule has 0 radical (unpaired) electrons. The summed E-state index contributed by atoms with van der Waals surface area (Å²) in [4.78, 5) is 4.35. The Hall–Kier alpha value is -0.590. The lowest BCUT2D eigenvalue weighted by Gasteiger charge is -2.30. The summed E-state index contributed by atoms with van der Waals surface area (Å²) in [6, 6.07) is 0.331. The molecule has 1 N–H and O–H groups in total. The van der Waals surface area contributed by atoms with E-state index in [2.05, 4.69) is 29.2 Å². The van der Waals surface area contributed by atoms with Crippen LogP contribution in [0.15, 0.2) is 6.33 Å². The SMILES string of the molecule is CCNC(Cc1ncnn1CC)C1CSCCO1. The largest absolute Gasteiger partial charge is 0.375 e. The zero-order chi connectivity index (χ0) is 12.8. The van der Waals surface area contributed by atoms with Gasteiger partial charge >= 0.3 is 0 Å². The predicted octanol–water partition coefficient (Wildman–Crippen LogP) is 0.951. The first-order valence-electron chi connectivity index (χ1n) is 6.64. The van der Waals surface area contributed by atoms with E-state index < -0.39 is 0 Å². The van der Waals surface area contributed by atoms with Crippen molar-refractivity contribution in [3.8, 4) is 0 Å². The molecule has 0 bridgehead atoms. The van der Waals surface area contributed by atoms with E-state index in [9.17, 15) is 0 Å². The second-order valence-corrected chi connectivity index (χ2v) is 5.49. The Kier molecular flexibility index (Phi) is 5.46. The minimum Gasteiger partial charge on any atom is -0.375 e. The highest BCUT2D eigenvalue weighted by atomic mass is 32.2. The van der Waals surface area contributed by atoms with Gasteiger partial charge in [0.15, 0.2) is 0 Å². The lowest BCUT2D eigenvalue weighted by molar-refractivity contribution is 0.0468. The molecule has 1 fully saturated rings. The summed E-state index contributed by atoms with van der Waals surface area (Å²) >= 11 is 1.97. The number of likely N-dealkylation sites (N-methyl/N-ethyl adjacent to an activating group) is 1. The monoisotopic (exact) mass is 270 g/mol. The van der Waals surface area contributed by atoms with Crippen LogP contribution in [0.2, 0.25) is 0 Å². The van der Waals surface area contributed by atoms with E-state index in [-0.39, 0.29) is 6.10 Å². The van der Waals surface area contributed by atoms with Gasteiger partial charge in [-0.2, -0.15) is 16.9 Å². The molecule has 0 spiro atoms. The second-order valence-electron chi connectivity index (χ2n) is 4.34. The van der Waals surface area contributed by atoms with Crippen LogP contribution in [-0.2, 0) is 17.7 Å². The van der Waals surface area contributed by atoms with E-state index in [1.807, 2.05) is 16.4 Å². The number of thioether (sulfide) groups is 1. The molecule has 2 atom stereocenters. The molecular weight excluding hydrogens is 248 g/mol. The number of aromatic nitrogens is 3. The fraction of sp³-hybridized carbons (Fsp3) is 0.833. The van der Waals surface area contributed by atoms with E-state index in [1.54, 1.807) is 6.33 Å². The lowest BCUT2D eigenvalue weighted by Crippen LogP contribution is -2.46. The maximum absolute atomic E-state index is 5.87. The van der Waals surface area contributed by atoms with Crippen molar-refractivity contribution >= 4 is 11.8 Å². The molecule has 0 aliphatic carbocycles. The van der Waals surface area contributed by atoms with E-state index in [0.29, 0.717) is 6.04 Å². The van der Waals surface area contributed by atoms with Crippen molar-refractivity contribution in [1.29, 1.82) is 0 Å². The summed E-state index contributed by atoms with van der Waals surface area (Å²) in [7, 11) is 0. The van der Waals surface area contributed by atoms with Crippen molar-refractivity contribution in [3.05, 3.63) is 12.2 Å². The molecule has 5 nitrogen and oxygen atoms in total. The topological polar surface area (TPSA) is 52.0 Å².